The predicted octanol–water partition coefficient (Wildman–Crippen LogP) is 3.56. The van der Waals surface area contributed by atoms with Gasteiger partial charge < -0.3 is 14.5 Å². The molecule has 92 valence electrons. The Morgan fingerprint density at radius 1 is 1.47 bits per heavy atom. The molecule has 0 bridgehead atoms. The average Bonchev–Trinajstić information content (AvgIpc) is 2.92. The van der Waals surface area contributed by atoms with Crippen molar-refractivity contribution in [3.05, 3.63) is 44.4 Å². The molecule has 0 aliphatic rings. The topological polar surface area (TPSA) is 34.4 Å². The second kappa shape index (κ2) is 5.82. The molecule has 2 rings (SSSR count). The number of hydrogen-bond acceptors (Lipinski definition) is 4. The number of methoxy groups -OCH3 is 1. The first-order valence-electron chi connectivity index (χ1n) is 5.24. The van der Waals surface area contributed by atoms with Crippen molar-refractivity contribution in [3.63, 3.8) is 0 Å². The molecule has 1 unspecified atom stereocenters. The number of hydrogen-bond donors (Lipinski definition) is 1. The van der Waals surface area contributed by atoms with Crippen LogP contribution in [0.15, 0.2) is 32.5 Å². The maximum absolute atomic E-state index is 5.75. The number of halogens is 1. The van der Waals surface area contributed by atoms with Crippen LogP contribution in [0.4, 0.5) is 0 Å². The molecule has 2 heterocycles. The van der Waals surface area contributed by atoms with Crippen molar-refractivity contribution >= 4 is 27.3 Å². The molecular formula is C12H14BrNO2S. The summed E-state index contributed by atoms with van der Waals surface area (Å²) in [6.45, 7) is 0.502. The second-order valence-electron chi connectivity index (χ2n) is 3.59. The van der Waals surface area contributed by atoms with Crippen molar-refractivity contribution in [3.8, 4) is 0 Å². The molecule has 0 saturated heterocycles. The third-order valence-corrected chi connectivity index (χ3v) is 4.38. The van der Waals surface area contributed by atoms with Crippen LogP contribution in [0.3, 0.4) is 0 Å². The van der Waals surface area contributed by atoms with E-state index in [0.29, 0.717) is 6.61 Å². The van der Waals surface area contributed by atoms with Crippen LogP contribution in [0.1, 0.15) is 22.4 Å². The van der Waals surface area contributed by atoms with E-state index in [4.69, 9.17) is 9.15 Å². The molecule has 0 fully saturated rings. The third kappa shape index (κ3) is 2.80. The summed E-state index contributed by atoms with van der Waals surface area (Å²) >= 11 is 5.25. The van der Waals surface area contributed by atoms with Crippen molar-refractivity contribution in [1.29, 1.82) is 0 Å². The van der Waals surface area contributed by atoms with Crippen LogP contribution in [-0.2, 0) is 11.3 Å². The molecule has 0 aromatic carbocycles. The first-order chi connectivity index (χ1) is 8.26. The zero-order chi connectivity index (χ0) is 12.3. The zero-order valence-electron chi connectivity index (χ0n) is 9.70. The largest absolute Gasteiger partial charge is 0.462 e. The molecule has 0 amide bonds. The minimum atomic E-state index is 0.0787. The van der Waals surface area contributed by atoms with Crippen molar-refractivity contribution in [2.45, 2.75) is 12.6 Å². The molecule has 0 aliphatic carbocycles. The molecule has 3 nitrogen and oxygen atoms in total. The SMILES string of the molecule is CNC(c1ccc(COC)o1)c1sccc1Br. The maximum Gasteiger partial charge on any atom is 0.129 e. The van der Waals surface area contributed by atoms with Gasteiger partial charge in [-0.1, -0.05) is 0 Å². The van der Waals surface area contributed by atoms with Gasteiger partial charge in [-0.25, -0.2) is 0 Å². The van der Waals surface area contributed by atoms with Crippen LogP contribution in [0, 0.1) is 0 Å². The van der Waals surface area contributed by atoms with E-state index < -0.39 is 0 Å². The van der Waals surface area contributed by atoms with Gasteiger partial charge >= 0.3 is 0 Å². The maximum atomic E-state index is 5.75. The normalized spacial score (nSPS) is 12.9. The Kier molecular flexibility index (Phi) is 4.39. The zero-order valence-corrected chi connectivity index (χ0v) is 12.1. The van der Waals surface area contributed by atoms with E-state index in [1.165, 1.54) is 4.88 Å². The van der Waals surface area contributed by atoms with Gasteiger partial charge in [0.25, 0.3) is 0 Å². The fourth-order valence-corrected chi connectivity index (χ4v) is 3.40. The average molecular weight is 316 g/mol. The van der Waals surface area contributed by atoms with Crippen LogP contribution in [0.25, 0.3) is 0 Å². The molecule has 0 aliphatic heterocycles. The molecule has 1 N–H and O–H groups in total. The predicted molar refractivity (Wildman–Crippen MR) is 72.3 cm³/mol. The third-order valence-electron chi connectivity index (χ3n) is 2.45. The first kappa shape index (κ1) is 12.8. The summed E-state index contributed by atoms with van der Waals surface area (Å²) in [5.41, 5.74) is 0. The number of thiophene rings is 1. The number of furan rings is 1. The van der Waals surface area contributed by atoms with Crippen LogP contribution in [-0.4, -0.2) is 14.2 Å². The fraction of sp³-hybridized carbons (Fsp3) is 0.333. The highest BCUT2D eigenvalue weighted by atomic mass is 79.9. The van der Waals surface area contributed by atoms with Gasteiger partial charge in [0, 0.05) is 16.5 Å². The summed E-state index contributed by atoms with van der Waals surface area (Å²) in [7, 11) is 3.59. The lowest BCUT2D eigenvalue weighted by atomic mass is 10.2. The monoisotopic (exact) mass is 315 g/mol. The standard InChI is InChI=1S/C12H14BrNO2S/c1-14-11(12-9(13)5-6-17-12)10-4-3-8(16-10)7-15-2/h3-6,11,14H,7H2,1-2H3. The van der Waals surface area contributed by atoms with E-state index in [0.717, 1.165) is 16.0 Å². The van der Waals surface area contributed by atoms with Gasteiger partial charge in [0.05, 0.1) is 0 Å². The minimum absolute atomic E-state index is 0.0787. The molecule has 1 atom stereocenters. The van der Waals surface area contributed by atoms with E-state index in [1.807, 2.05) is 25.2 Å². The molecule has 2 aromatic heterocycles. The Balaban J connectivity index is 2.26. The molecule has 0 radical (unpaired) electrons. The Labute approximate surface area is 113 Å². The lowest BCUT2D eigenvalue weighted by Crippen LogP contribution is -2.16. The molecule has 5 heteroatoms. The van der Waals surface area contributed by atoms with Gasteiger partial charge in [0.15, 0.2) is 0 Å². The summed E-state index contributed by atoms with van der Waals surface area (Å²) < 4.78 is 11.9. The number of ether oxygens (including phenoxy) is 1. The van der Waals surface area contributed by atoms with E-state index in [9.17, 15) is 0 Å². The van der Waals surface area contributed by atoms with Crippen LogP contribution >= 0.6 is 27.3 Å². The highest BCUT2D eigenvalue weighted by Gasteiger charge is 2.19. The number of nitrogens with one attached hydrogen (secondary N) is 1. The highest BCUT2D eigenvalue weighted by Crippen LogP contribution is 2.33. The highest BCUT2D eigenvalue weighted by molar-refractivity contribution is 9.10. The van der Waals surface area contributed by atoms with E-state index >= 15 is 0 Å². The lowest BCUT2D eigenvalue weighted by Gasteiger charge is -2.12. The molecule has 0 spiro atoms. The fourth-order valence-electron chi connectivity index (χ4n) is 1.68. The summed E-state index contributed by atoms with van der Waals surface area (Å²) in [6.07, 6.45) is 0. The van der Waals surface area contributed by atoms with Crippen molar-refractivity contribution in [2.24, 2.45) is 0 Å². The Bertz CT molecular complexity index is 480. The van der Waals surface area contributed by atoms with Crippen molar-refractivity contribution in [1.82, 2.24) is 5.32 Å². The number of rotatable bonds is 5. The first-order valence-corrected chi connectivity index (χ1v) is 6.91. The molecule has 17 heavy (non-hydrogen) atoms. The van der Waals surface area contributed by atoms with Crippen molar-refractivity contribution < 1.29 is 9.15 Å². The Hall–Kier alpha value is -0.620. The summed E-state index contributed by atoms with van der Waals surface area (Å²) in [4.78, 5) is 1.21. The van der Waals surface area contributed by atoms with Gasteiger partial charge in [-0.15, -0.1) is 11.3 Å². The summed E-state index contributed by atoms with van der Waals surface area (Å²) in [5, 5.41) is 5.32. The molecular weight excluding hydrogens is 302 g/mol. The van der Waals surface area contributed by atoms with E-state index in [-0.39, 0.29) is 6.04 Å². The minimum Gasteiger partial charge on any atom is -0.462 e. The summed E-state index contributed by atoms with van der Waals surface area (Å²) in [6, 6.07) is 6.06. The lowest BCUT2D eigenvalue weighted by molar-refractivity contribution is 0.162. The van der Waals surface area contributed by atoms with E-state index in [1.54, 1.807) is 18.4 Å². The van der Waals surface area contributed by atoms with Gasteiger partial charge in [-0.3, -0.25) is 0 Å². The smallest absolute Gasteiger partial charge is 0.129 e. The second-order valence-corrected chi connectivity index (χ2v) is 5.39. The van der Waals surface area contributed by atoms with Crippen molar-refractivity contribution in [2.75, 3.05) is 14.2 Å². The molecule has 2 aromatic rings. The Morgan fingerprint density at radius 2 is 2.29 bits per heavy atom. The van der Waals surface area contributed by atoms with Crippen LogP contribution < -0.4 is 5.32 Å². The molecule has 0 saturated carbocycles. The van der Waals surface area contributed by atoms with Crippen LogP contribution in [0.5, 0.6) is 0 Å². The summed E-state index contributed by atoms with van der Waals surface area (Å²) in [5.74, 6) is 1.75. The van der Waals surface area contributed by atoms with Gasteiger partial charge in [0.1, 0.15) is 24.2 Å². The quantitative estimate of drug-likeness (QED) is 0.916. The van der Waals surface area contributed by atoms with E-state index in [2.05, 4.69) is 26.6 Å². The van der Waals surface area contributed by atoms with Gasteiger partial charge in [0.2, 0.25) is 0 Å². The van der Waals surface area contributed by atoms with Gasteiger partial charge in [-0.05, 0) is 46.6 Å². The van der Waals surface area contributed by atoms with Gasteiger partial charge in [-0.2, -0.15) is 0 Å². The Morgan fingerprint density at radius 3 is 2.88 bits per heavy atom. The van der Waals surface area contributed by atoms with Crippen LogP contribution in [0.2, 0.25) is 0 Å².